The van der Waals surface area contributed by atoms with Gasteiger partial charge in [0, 0.05) is 20.3 Å². The number of nitrogens with zero attached hydrogens (tertiary/aromatic N) is 2. The van der Waals surface area contributed by atoms with Gasteiger partial charge in [-0.3, -0.25) is 0 Å². The topological polar surface area (TPSA) is 42.2 Å². The first-order chi connectivity index (χ1) is 4.72. The highest BCUT2D eigenvalue weighted by atomic mass is 35.5. The van der Waals surface area contributed by atoms with E-state index in [0.29, 0.717) is 5.69 Å². The van der Waals surface area contributed by atoms with Gasteiger partial charge in [-0.15, -0.1) is 12.4 Å². The van der Waals surface area contributed by atoms with Crippen LogP contribution in [0.3, 0.4) is 0 Å². The maximum atomic E-state index is 5.62. The summed E-state index contributed by atoms with van der Waals surface area (Å²) < 4.78 is 0. The van der Waals surface area contributed by atoms with Crippen molar-refractivity contribution < 1.29 is 0 Å². The number of anilines is 2. The molecule has 11 heavy (non-hydrogen) atoms. The van der Waals surface area contributed by atoms with E-state index in [2.05, 4.69) is 4.98 Å². The number of pyridine rings is 1. The lowest BCUT2D eigenvalue weighted by molar-refractivity contribution is 1.07. The lowest BCUT2D eigenvalue weighted by Gasteiger charge is -2.12. The minimum Gasteiger partial charge on any atom is -0.396 e. The van der Waals surface area contributed by atoms with E-state index in [4.69, 9.17) is 5.73 Å². The van der Waals surface area contributed by atoms with E-state index in [1.54, 1.807) is 6.20 Å². The Kier molecular flexibility index (Phi) is 3.68. The largest absolute Gasteiger partial charge is 0.396 e. The number of aromatic nitrogens is 1. The Morgan fingerprint density at radius 3 is 2.45 bits per heavy atom. The molecule has 4 heteroatoms. The van der Waals surface area contributed by atoms with Gasteiger partial charge in [0.05, 0.1) is 5.69 Å². The van der Waals surface area contributed by atoms with Crippen LogP contribution in [0.15, 0.2) is 18.3 Å². The summed E-state index contributed by atoms with van der Waals surface area (Å²) in [6, 6.07) is 3.66. The summed E-state index contributed by atoms with van der Waals surface area (Å²) in [5, 5.41) is 0. The van der Waals surface area contributed by atoms with E-state index in [-0.39, 0.29) is 12.4 Å². The van der Waals surface area contributed by atoms with Crippen LogP contribution in [0.5, 0.6) is 0 Å². The second kappa shape index (κ2) is 4.03. The zero-order valence-electron chi connectivity index (χ0n) is 6.61. The van der Waals surface area contributed by atoms with Crippen LogP contribution in [-0.2, 0) is 0 Å². The van der Waals surface area contributed by atoms with Gasteiger partial charge in [0.1, 0.15) is 0 Å². The summed E-state index contributed by atoms with van der Waals surface area (Å²) in [6.45, 7) is 0. The Morgan fingerprint density at radius 2 is 2.09 bits per heavy atom. The Morgan fingerprint density at radius 1 is 1.45 bits per heavy atom. The molecule has 0 atom stereocenters. The van der Waals surface area contributed by atoms with Crippen LogP contribution in [0.1, 0.15) is 0 Å². The quantitative estimate of drug-likeness (QED) is 0.693. The predicted molar refractivity (Wildman–Crippen MR) is 50.2 cm³/mol. The smallest absolute Gasteiger partial charge is 0.151 e. The molecule has 0 aliphatic heterocycles. The maximum absolute atomic E-state index is 5.62. The van der Waals surface area contributed by atoms with Gasteiger partial charge >= 0.3 is 0 Å². The van der Waals surface area contributed by atoms with E-state index in [0.717, 1.165) is 5.82 Å². The Bertz CT molecular complexity index is 225. The standard InChI is InChI=1S/C7H11N3.ClH/c1-10(2)7-6(8)4-3-5-9-7;/h3-5H,8H2,1-2H3;1H. The Labute approximate surface area is 72.6 Å². The number of hydrogen-bond donors (Lipinski definition) is 1. The van der Waals surface area contributed by atoms with Crippen LogP contribution < -0.4 is 10.6 Å². The first-order valence-corrected chi connectivity index (χ1v) is 3.09. The van der Waals surface area contributed by atoms with Crippen molar-refractivity contribution in [2.24, 2.45) is 0 Å². The van der Waals surface area contributed by atoms with Gasteiger partial charge in [-0.1, -0.05) is 0 Å². The molecule has 0 bridgehead atoms. The molecule has 2 N–H and O–H groups in total. The fraction of sp³-hybridized carbons (Fsp3) is 0.286. The molecule has 62 valence electrons. The van der Waals surface area contributed by atoms with Crippen molar-refractivity contribution in [2.75, 3.05) is 24.7 Å². The first kappa shape index (κ1) is 10.0. The van der Waals surface area contributed by atoms with Crippen LogP contribution in [0.4, 0.5) is 11.5 Å². The molecule has 0 aromatic carbocycles. The molecule has 0 saturated carbocycles. The van der Waals surface area contributed by atoms with Gasteiger partial charge in [-0.25, -0.2) is 4.98 Å². The summed E-state index contributed by atoms with van der Waals surface area (Å²) in [4.78, 5) is 5.96. The second-order valence-corrected chi connectivity index (χ2v) is 2.31. The molecule has 0 saturated heterocycles. The van der Waals surface area contributed by atoms with Gasteiger partial charge in [0.25, 0.3) is 0 Å². The second-order valence-electron chi connectivity index (χ2n) is 2.31. The van der Waals surface area contributed by atoms with E-state index in [1.165, 1.54) is 0 Å². The highest BCUT2D eigenvalue weighted by Gasteiger charge is 1.98. The first-order valence-electron chi connectivity index (χ1n) is 3.09. The molecule has 3 nitrogen and oxygen atoms in total. The van der Waals surface area contributed by atoms with Crippen LogP contribution in [0.25, 0.3) is 0 Å². The molecule has 0 aliphatic rings. The summed E-state index contributed by atoms with van der Waals surface area (Å²) in [7, 11) is 3.83. The summed E-state index contributed by atoms with van der Waals surface area (Å²) in [5.74, 6) is 0.822. The molecule has 0 radical (unpaired) electrons. The third-order valence-electron chi connectivity index (χ3n) is 1.24. The number of halogens is 1. The normalized spacial score (nSPS) is 8.55. The minimum atomic E-state index is 0. The Balaban J connectivity index is 0.000001000. The number of nitrogens with two attached hydrogens (primary N) is 1. The van der Waals surface area contributed by atoms with Crippen LogP contribution in [0, 0.1) is 0 Å². The lowest BCUT2D eigenvalue weighted by atomic mass is 10.4. The molecule has 1 aromatic heterocycles. The van der Waals surface area contributed by atoms with Gasteiger partial charge in [0.2, 0.25) is 0 Å². The molecule has 0 spiro atoms. The molecular weight excluding hydrogens is 162 g/mol. The molecule has 0 aliphatic carbocycles. The molecule has 0 fully saturated rings. The number of hydrogen-bond acceptors (Lipinski definition) is 3. The molecule has 1 rings (SSSR count). The fourth-order valence-corrected chi connectivity index (χ4v) is 0.783. The molecule has 0 amide bonds. The highest BCUT2D eigenvalue weighted by Crippen LogP contribution is 2.14. The van der Waals surface area contributed by atoms with Crippen LogP contribution in [-0.4, -0.2) is 19.1 Å². The zero-order valence-corrected chi connectivity index (χ0v) is 7.43. The van der Waals surface area contributed by atoms with Crippen molar-refractivity contribution in [2.45, 2.75) is 0 Å². The average molecular weight is 174 g/mol. The molecular formula is C7H12ClN3. The monoisotopic (exact) mass is 173 g/mol. The maximum Gasteiger partial charge on any atom is 0.151 e. The summed E-state index contributed by atoms with van der Waals surface area (Å²) >= 11 is 0. The van der Waals surface area contributed by atoms with Gasteiger partial charge in [-0.05, 0) is 12.1 Å². The van der Waals surface area contributed by atoms with Crippen molar-refractivity contribution >= 4 is 23.9 Å². The van der Waals surface area contributed by atoms with Gasteiger partial charge in [-0.2, -0.15) is 0 Å². The molecule has 0 unspecified atom stereocenters. The Hall–Kier alpha value is -0.960. The number of nitrogen functional groups attached to an aromatic ring is 1. The van der Waals surface area contributed by atoms with Crippen molar-refractivity contribution in [3.05, 3.63) is 18.3 Å². The van der Waals surface area contributed by atoms with Crippen molar-refractivity contribution in [1.82, 2.24) is 4.98 Å². The van der Waals surface area contributed by atoms with E-state index in [9.17, 15) is 0 Å². The summed E-state index contributed by atoms with van der Waals surface area (Å²) in [5.41, 5.74) is 6.33. The SMILES string of the molecule is CN(C)c1ncccc1N.Cl. The van der Waals surface area contributed by atoms with Crippen molar-refractivity contribution in [3.8, 4) is 0 Å². The molecule has 1 heterocycles. The van der Waals surface area contributed by atoms with Gasteiger partial charge < -0.3 is 10.6 Å². The van der Waals surface area contributed by atoms with Crippen LogP contribution in [0.2, 0.25) is 0 Å². The summed E-state index contributed by atoms with van der Waals surface area (Å²) in [6.07, 6.45) is 1.73. The predicted octanol–water partition coefficient (Wildman–Crippen LogP) is 1.15. The lowest BCUT2D eigenvalue weighted by Crippen LogP contribution is -2.12. The zero-order chi connectivity index (χ0) is 7.56. The van der Waals surface area contributed by atoms with Crippen LogP contribution >= 0.6 is 12.4 Å². The van der Waals surface area contributed by atoms with E-state index >= 15 is 0 Å². The van der Waals surface area contributed by atoms with Gasteiger partial charge in [0.15, 0.2) is 5.82 Å². The minimum absolute atomic E-state index is 0. The van der Waals surface area contributed by atoms with E-state index < -0.39 is 0 Å². The van der Waals surface area contributed by atoms with Crippen molar-refractivity contribution in [3.63, 3.8) is 0 Å². The van der Waals surface area contributed by atoms with Crippen molar-refractivity contribution in [1.29, 1.82) is 0 Å². The fourth-order valence-electron chi connectivity index (χ4n) is 0.783. The third-order valence-corrected chi connectivity index (χ3v) is 1.24. The molecule has 1 aromatic rings. The third kappa shape index (κ3) is 2.27. The highest BCUT2D eigenvalue weighted by molar-refractivity contribution is 5.85. The number of rotatable bonds is 1. The van der Waals surface area contributed by atoms with E-state index in [1.807, 2.05) is 31.1 Å². The average Bonchev–Trinajstić information content (AvgIpc) is 1.88.